The van der Waals surface area contributed by atoms with Gasteiger partial charge in [0, 0.05) is 23.2 Å². The Labute approximate surface area is 155 Å². The molecule has 0 radical (unpaired) electrons. The van der Waals surface area contributed by atoms with Gasteiger partial charge in [0.2, 0.25) is 0 Å². The summed E-state index contributed by atoms with van der Waals surface area (Å²) in [6.45, 7) is 6.91. The number of nitrogens with zero attached hydrogens (tertiary/aromatic N) is 1. The van der Waals surface area contributed by atoms with Crippen LogP contribution >= 0.6 is 12.4 Å². The highest BCUT2D eigenvalue weighted by Crippen LogP contribution is 2.21. The first kappa shape index (κ1) is 21.2. The average molecular weight is 364 g/mol. The first-order valence-corrected chi connectivity index (χ1v) is 8.06. The number of hydrogen-bond acceptors (Lipinski definition) is 4. The van der Waals surface area contributed by atoms with Crippen molar-refractivity contribution < 1.29 is 15.0 Å². The van der Waals surface area contributed by atoms with Crippen molar-refractivity contribution in [2.45, 2.75) is 39.5 Å². The van der Waals surface area contributed by atoms with Gasteiger partial charge in [-0.1, -0.05) is 30.3 Å². The number of aliphatic hydroxyl groups is 1. The number of ketones is 1. The van der Waals surface area contributed by atoms with E-state index in [0.29, 0.717) is 17.7 Å². The maximum atomic E-state index is 12.7. The Balaban J connectivity index is 0.00000312. The summed E-state index contributed by atoms with van der Waals surface area (Å²) in [4.78, 5) is 14.8. The average Bonchev–Trinajstić information content (AvgIpc) is 2.54. The monoisotopic (exact) mass is 363 g/mol. The Kier molecular flexibility index (Phi) is 7.61. The van der Waals surface area contributed by atoms with Crippen LogP contribution in [0.4, 0.5) is 0 Å². The number of carbonyl (C=O) groups is 1. The van der Waals surface area contributed by atoms with E-state index in [1.807, 2.05) is 30.3 Å². The van der Waals surface area contributed by atoms with Crippen molar-refractivity contribution in [3.63, 3.8) is 0 Å². The van der Waals surface area contributed by atoms with Gasteiger partial charge in [0.1, 0.15) is 5.75 Å². The SMILES string of the molecule is CC(C)(C)N(CC(=O)c1ccc(O)c(CO)c1)Cc1ccccc1.Cl. The summed E-state index contributed by atoms with van der Waals surface area (Å²) < 4.78 is 0. The fourth-order valence-electron chi connectivity index (χ4n) is 2.48. The molecule has 0 bridgehead atoms. The number of phenols is 1. The zero-order valence-electron chi connectivity index (χ0n) is 14.9. The molecule has 2 aromatic carbocycles. The highest BCUT2D eigenvalue weighted by molar-refractivity contribution is 5.98. The topological polar surface area (TPSA) is 60.8 Å². The van der Waals surface area contributed by atoms with Crippen molar-refractivity contribution in [2.24, 2.45) is 0 Å². The number of halogens is 1. The van der Waals surface area contributed by atoms with Crippen LogP contribution in [-0.4, -0.2) is 33.0 Å². The third kappa shape index (κ3) is 5.85. The van der Waals surface area contributed by atoms with Crippen molar-refractivity contribution >= 4 is 18.2 Å². The Morgan fingerprint density at radius 3 is 2.28 bits per heavy atom. The third-order valence-electron chi connectivity index (χ3n) is 4.07. The number of benzene rings is 2. The molecule has 0 aliphatic rings. The number of rotatable bonds is 6. The van der Waals surface area contributed by atoms with E-state index in [0.717, 1.165) is 5.56 Å². The van der Waals surface area contributed by atoms with Gasteiger partial charge in [-0.05, 0) is 44.5 Å². The van der Waals surface area contributed by atoms with Crippen LogP contribution in [0, 0.1) is 0 Å². The molecule has 2 rings (SSSR count). The quantitative estimate of drug-likeness (QED) is 0.766. The van der Waals surface area contributed by atoms with E-state index in [1.54, 1.807) is 12.1 Å². The normalized spacial score (nSPS) is 11.2. The van der Waals surface area contributed by atoms with Crippen LogP contribution < -0.4 is 0 Å². The molecule has 0 spiro atoms. The summed E-state index contributed by atoms with van der Waals surface area (Å²) in [5, 5.41) is 18.9. The second kappa shape index (κ2) is 8.99. The van der Waals surface area contributed by atoms with E-state index in [9.17, 15) is 15.0 Å². The molecular weight excluding hydrogens is 338 g/mol. The second-order valence-electron chi connectivity index (χ2n) is 6.94. The van der Waals surface area contributed by atoms with E-state index < -0.39 is 0 Å². The van der Waals surface area contributed by atoms with Gasteiger partial charge < -0.3 is 10.2 Å². The van der Waals surface area contributed by atoms with Crippen LogP contribution in [0.2, 0.25) is 0 Å². The molecule has 0 saturated heterocycles. The van der Waals surface area contributed by atoms with Gasteiger partial charge in [-0.2, -0.15) is 0 Å². The van der Waals surface area contributed by atoms with Crippen molar-refractivity contribution in [1.82, 2.24) is 4.90 Å². The van der Waals surface area contributed by atoms with Gasteiger partial charge in [0.25, 0.3) is 0 Å². The molecule has 136 valence electrons. The van der Waals surface area contributed by atoms with Gasteiger partial charge in [0.15, 0.2) is 5.78 Å². The van der Waals surface area contributed by atoms with E-state index in [4.69, 9.17) is 0 Å². The summed E-state index contributed by atoms with van der Waals surface area (Å²) in [5.74, 6) is -0.0263. The molecule has 0 heterocycles. The molecule has 0 unspecified atom stereocenters. The number of aliphatic hydroxyl groups excluding tert-OH is 1. The minimum atomic E-state index is -0.292. The maximum absolute atomic E-state index is 12.7. The van der Waals surface area contributed by atoms with Gasteiger partial charge in [-0.15, -0.1) is 12.4 Å². The standard InChI is InChI=1S/C20H25NO3.ClH/c1-20(2,3)21(12-15-7-5-4-6-8-15)13-19(24)16-9-10-18(23)17(11-16)14-22;/h4-11,22-23H,12-14H2,1-3H3;1H. The molecule has 0 atom stereocenters. The van der Waals surface area contributed by atoms with Crippen molar-refractivity contribution in [3.05, 3.63) is 65.2 Å². The van der Waals surface area contributed by atoms with Gasteiger partial charge in [-0.25, -0.2) is 0 Å². The molecule has 4 nitrogen and oxygen atoms in total. The van der Waals surface area contributed by atoms with Crippen molar-refractivity contribution in [2.75, 3.05) is 6.54 Å². The highest BCUT2D eigenvalue weighted by Gasteiger charge is 2.24. The van der Waals surface area contributed by atoms with E-state index in [2.05, 4.69) is 25.7 Å². The predicted octanol–water partition coefficient (Wildman–Crippen LogP) is 3.79. The van der Waals surface area contributed by atoms with Crippen LogP contribution in [0.1, 0.15) is 42.3 Å². The van der Waals surface area contributed by atoms with Crippen LogP contribution in [0.25, 0.3) is 0 Å². The van der Waals surface area contributed by atoms with Crippen molar-refractivity contribution in [3.8, 4) is 5.75 Å². The highest BCUT2D eigenvalue weighted by atomic mass is 35.5. The Morgan fingerprint density at radius 1 is 1.08 bits per heavy atom. The molecule has 5 heteroatoms. The maximum Gasteiger partial charge on any atom is 0.176 e. The third-order valence-corrected chi connectivity index (χ3v) is 4.07. The minimum Gasteiger partial charge on any atom is -0.508 e. The molecule has 25 heavy (non-hydrogen) atoms. The van der Waals surface area contributed by atoms with E-state index in [-0.39, 0.29) is 42.6 Å². The van der Waals surface area contributed by atoms with Crippen molar-refractivity contribution in [1.29, 1.82) is 0 Å². The lowest BCUT2D eigenvalue weighted by Gasteiger charge is -2.35. The molecule has 2 N–H and O–H groups in total. The molecular formula is C20H26ClNO3. The first-order valence-electron chi connectivity index (χ1n) is 8.06. The smallest absolute Gasteiger partial charge is 0.176 e. The zero-order valence-corrected chi connectivity index (χ0v) is 15.7. The molecule has 2 aromatic rings. The number of carbonyl (C=O) groups excluding carboxylic acids is 1. The summed E-state index contributed by atoms with van der Waals surface area (Å²) in [6, 6.07) is 14.7. The Morgan fingerprint density at radius 2 is 1.72 bits per heavy atom. The molecule has 0 saturated carbocycles. The summed E-state index contributed by atoms with van der Waals surface area (Å²) in [7, 11) is 0. The summed E-state index contributed by atoms with van der Waals surface area (Å²) in [5.41, 5.74) is 1.86. The minimum absolute atomic E-state index is 0. The van der Waals surface area contributed by atoms with Gasteiger partial charge in [-0.3, -0.25) is 9.69 Å². The fraction of sp³-hybridized carbons (Fsp3) is 0.350. The van der Waals surface area contributed by atoms with E-state index in [1.165, 1.54) is 6.07 Å². The largest absolute Gasteiger partial charge is 0.508 e. The fourth-order valence-corrected chi connectivity index (χ4v) is 2.48. The number of aromatic hydroxyl groups is 1. The molecule has 0 aromatic heterocycles. The molecule has 0 aliphatic heterocycles. The zero-order chi connectivity index (χ0) is 17.7. The molecule has 0 amide bonds. The lowest BCUT2D eigenvalue weighted by atomic mass is 10.0. The van der Waals surface area contributed by atoms with Gasteiger partial charge in [0.05, 0.1) is 13.2 Å². The number of Topliss-reactive ketones (excluding diaryl/α,β-unsaturated/α-hetero) is 1. The molecule has 0 fully saturated rings. The van der Waals surface area contributed by atoms with E-state index >= 15 is 0 Å². The lowest BCUT2D eigenvalue weighted by Crippen LogP contribution is -2.43. The number of hydrogen-bond donors (Lipinski definition) is 2. The van der Waals surface area contributed by atoms with Crippen LogP contribution in [0.3, 0.4) is 0 Å². The van der Waals surface area contributed by atoms with Crippen LogP contribution in [0.15, 0.2) is 48.5 Å². The van der Waals surface area contributed by atoms with Crippen LogP contribution in [0.5, 0.6) is 5.75 Å². The van der Waals surface area contributed by atoms with Crippen LogP contribution in [-0.2, 0) is 13.2 Å². The summed E-state index contributed by atoms with van der Waals surface area (Å²) >= 11 is 0. The first-order chi connectivity index (χ1) is 11.3. The predicted molar refractivity (Wildman–Crippen MR) is 102 cm³/mol. The molecule has 0 aliphatic carbocycles. The summed E-state index contributed by atoms with van der Waals surface area (Å²) in [6.07, 6.45) is 0. The van der Waals surface area contributed by atoms with Gasteiger partial charge >= 0.3 is 0 Å². The Hall–Kier alpha value is -1.88. The lowest BCUT2D eigenvalue weighted by molar-refractivity contribution is 0.0793. The second-order valence-corrected chi connectivity index (χ2v) is 6.94. The Bertz CT molecular complexity index is 696.